The van der Waals surface area contributed by atoms with Crippen molar-refractivity contribution in [2.75, 3.05) is 5.73 Å². The van der Waals surface area contributed by atoms with E-state index >= 15 is 0 Å². The van der Waals surface area contributed by atoms with Gasteiger partial charge in [-0.25, -0.2) is 4.98 Å². The number of nitrogen functional groups attached to an aromatic ring is 1. The fourth-order valence-corrected chi connectivity index (χ4v) is 6.29. The van der Waals surface area contributed by atoms with Gasteiger partial charge >= 0.3 is 0 Å². The summed E-state index contributed by atoms with van der Waals surface area (Å²) in [4.78, 5) is 37.4. The molecule has 0 spiro atoms. The number of hydrazone groups is 1. The van der Waals surface area contributed by atoms with Gasteiger partial charge in [-0.3, -0.25) is 20.0 Å². The number of aliphatic hydroxyl groups excluding tert-OH is 1. The molecule has 5 unspecified atom stereocenters. The maximum atomic E-state index is 13.1. The van der Waals surface area contributed by atoms with Crippen molar-refractivity contribution in [3.63, 3.8) is 0 Å². The van der Waals surface area contributed by atoms with E-state index in [9.17, 15) is 14.7 Å². The van der Waals surface area contributed by atoms with Crippen LogP contribution in [-0.4, -0.2) is 73.2 Å². The minimum absolute atomic E-state index is 0.00185. The van der Waals surface area contributed by atoms with Crippen LogP contribution in [0.15, 0.2) is 28.1 Å². The van der Waals surface area contributed by atoms with Gasteiger partial charge in [0.2, 0.25) is 0 Å². The molecule has 0 saturated carbocycles. The zero-order chi connectivity index (χ0) is 25.8. The number of nitrogens with one attached hydrogen (secondary N) is 2. The van der Waals surface area contributed by atoms with Crippen LogP contribution in [0.3, 0.4) is 0 Å². The Kier molecular flexibility index (Phi) is 5.70. The molecule has 2 bridgehead atoms. The van der Waals surface area contributed by atoms with Crippen molar-refractivity contribution in [1.82, 2.24) is 30.2 Å². The largest absolute Gasteiger partial charge is 0.387 e. The first-order chi connectivity index (χ1) is 17.8. The van der Waals surface area contributed by atoms with E-state index in [2.05, 4.69) is 25.9 Å². The van der Waals surface area contributed by atoms with Crippen molar-refractivity contribution < 1.29 is 14.7 Å². The average Bonchev–Trinajstić information content (AvgIpc) is 3.62. The van der Waals surface area contributed by atoms with Crippen LogP contribution in [0.5, 0.6) is 0 Å². The molecule has 6 rings (SSSR count). The van der Waals surface area contributed by atoms with Crippen LogP contribution in [0.25, 0.3) is 5.65 Å². The first-order valence-electron chi connectivity index (χ1n) is 12.8. The number of aliphatic imine (C=N–C) groups is 1. The minimum Gasteiger partial charge on any atom is -0.387 e. The van der Waals surface area contributed by atoms with E-state index in [4.69, 9.17) is 10.7 Å². The van der Waals surface area contributed by atoms with E-state index in [0.29, 0.717) is 41.9 Å². The normalized spacial score (nSPS) is 29.2. The van der Waals surface area contributed by atoms with Crippen LogP contribution in [0, 0.1) is 0 Å². The van der Waals surface area contributed by atoms with Gasteiger partial charge in [0.1, 0.15) is 12.2 Å². The fourth-order valence-electron chi connectivity index (χ4n) is 6.29. The van der Waals surface area contributed by atoms with Gasteiger partial charge < -0.3 is 21.1 Å². The Hall–Kier alpha value is -3.80. The summed E-state index contributed by atoms with van der Waals surface area (Å²) in [6, 6.07) is 0.136. The molecule has 0 aromatic carbocycles. The monoisotopic (exact) mass is 505 g/mol. The zero-order valence-electron chi connectivity index (χ0n) is 20.8. The number of ketones is 1. The maximum Gasteiger partial charge on any atom is 0.267 e. The second-order valence-corrected chi connectivity index (χ2v) is 10.4. The second-order valence-electron chi connectivity index (χ2n) is 10.4. The molecule has 1 amide bonds. The Bertz CT molecular complexity index is 1340. The summed E-state index contributed by atoms with van der Waals surface area (Å²) >= 11 is 0. The van der Waals surface area contributed by atoms with Crippen LogP contribution in [0.2, 0.25) is 0 Å². The topological polar surface area (TPSA) is 163 Å². The van der Waals surface area contributed by atoms with Crippen molar-refractivity contribution in [2.45, 2.75) is 82.1 Å². The van der Waals surface area contributed by atoms with Crippen molar-refractivity contribution in [2.24, 2.45) is 10.1 Å². The molecule has 2 aromatic heterocycles. The molecule has 4 aliphatic rings. The lowest BCUT2D eigenvalue weighted by atomic mass is 9.85. The highest BCUT2D eigenvalue weighted by Crippen LogP contribution is 2.44. The summed E-state index contributed by atoms with van der Waals surface area (Å²) in [7, 11) is 0. The lowest BCUT2D eigenvalue weighted by Gasteiger charge is -2.40. The molecule has 2 saturated heterocycles. The standard InChI is InChI=1S/C25H31N9O3/c1-12(35)19-6-3-14(9-27-19)18-10-30-34-22(26)20(13(2)36)21(31-24(18)34)15-7-16-4-5-17(8-15)33(16)25(37)23-28-11-29-32-23/h6,9-12,14-17,23,32,35H,3-5,7-8,26H2,1-2H3,(H,28,29). The van der Waals surface area contributed by atoms with Crippen LogP contribution in [0.4, 0.5) is 5.82 Å². The van der Waals surface area contributed by atoms with Gasteiger partial charge in [-0.1, -0.05) is 6.08 Å². The number of carbonyl (C=O) groups is 2. The molecular weight excluding hydrogens is 474 g/mol. The number of Topliss-reactive ketones (excluding diaryl/α,β-unsaturated/α-hetero) is 1. The molecule has 0 radical (unpaired) electrons. The van der Waals surface area contributed by atoms with Gasteiger partial charge in [0, 0.05) is 35.7 Å². The quantitative estimate of drug-likeness (QED) is 0.438. The number of anilines is 1. The number of rotatable bonds is 5. The third-order valence-corrected chi connectivity index (χ3v) is 8.03. The maximum absolute atomic E-state index is 13.1. The van der Waals surface area contributed by atoms with Crippen LogP contribution < -0.4 is 16.5 Å². The molecule has 12 heteroatoms. The molecule has 5 N–H and O–H groups in total. The summed E-state index contributed by atoms with van der Waals surface area (Å²) in [6.45, 7) is 3.20. The van der Waals surface area contributed by atoms with E-state index in [1.807, 2.05) is 17.2 Å². The number of allylic oxidation sites excluding steroid dienone is 1. The molecular formula is C25H31N9O3. The van der Waals surface area contributed by atoms with E-state index < -0.39 is 12.3 Å². The summed E-state index contributed by atoms with van der Waals surface area (Å²) in [5.74, 6) is 0.0711. The molecule has 2 aromatic rings. The van der Waals surface area contributed by atoms with Gasteiger partial charge in [0.25, 0.3) is 5.91 Å². The Morgan fingerprint density at radius 1 is 1.24 bits per heavy atom. The van der Waals surface area contributed by atoms with Crippen molar-refractivity contribution in [3.8, 4) is 0 Å². The number of hydrogen-bond donors (Lipinski definition) is 4. The number of nitrogens with zero attached hydrogens (tertiary/aromatic N) is 6. The first kappa shape index (κ1) is 23.6. The van der Waals surface area contributed by atoms with Crippen LogP contribution >= 0.6 is 0 Å². The molecule has 5 atom stereocenters. The summed E-state index contributed by atoms with van der Waals surface area (Å²) in [6.07, 6.45) is 9.75. The highest BCUT2D eigenvalue weighted by atomic mass is 16.3. The number of carbonyl (C=O) groups excluding carboxylic acids is 2. The lowest BCUT2D eigenvalue weighted by molar-refractivity contribution is -0.138. The summed E-state index contributed by atoms with van der Waals surface area (Å²) in [5.41, 5.74) is 12.6. The second kappa shape index (κ2) is 8.94. The first-order valence-corrected chi connectivity index (χ1v) is 12.8. The third-order valence-electron chi connectivity index (χ3n) is 8.03. The number of nitrogens with two attached hydrogens (primary N) is 1. The zero-order valence-corrected chi connectivity index (χ0v) is 20.8. The molecule has 6 heterocycles. The summed E-state index contributed by atoms with van der Waals surface area (Å²) in [5, 5.41) is 21.2. The SMILES string of the molecule is CC(=O)c1c(C2CC3CCC(C2)N3C(=O)C2NC=NN2)nc2c(C3C=NC(C(C)O)=CC3)cnn2c1N. The van der Waals surface area contributed by atoms with E-state index in [-0.39, 0.29) is 41.4 Å². The van der Waals surface area contributed by atoms with Crippen LogP contribution in [0.1, 0.15) is 79.4 Å². The van der Waals surface area contributed by atoms with Crippen molar-refractivity contribution >= 4 is 35.7 Å². The molecule has 0 aliphatic carbocycles. The van der Waals surface area contributed by atoms with Crippen LogP contribution in [-0.2, 0) is 4.79 Å². The summed E-state index contributed by atoms with van der Waals surface area (Å²) < 4.78 is 1.54. The third kappa shape index (κ3) is 3.86. The number of hydrogen-bond acceptors (Lipinski definition) is 10. The number of amides is 1. The Labute approximate surface area is 213 Å². The highest BCUT2D eigenvalue weighted by Gasteiger charge is 2.46. The van der Waals surface area contributed by atoms with E-state index in [0.717, 1.165) is 18.4 Å². The number of aromatic nitrogens is 3. The van der Waals surface area contributed by atoms with Gasteiger partial charge in [0.05, 0.1) is 29.3 Å². The van der Waals surface area contributed by atoms with E-state index in [1.54, 1.807) is 17.6 Å². The number of piperidine rings is 1. The molecule has 194 valence electrons. The number of aliphatic hydroxyl groups is 1. The molecule has 4 aliphatic heterocycles. The van der Waals surface area contributed by atoms with Gasteiger partial charge in [-0.2, -0.15) is 14.7 Å². The van der Waals surface area contributed by atoms with Crippen molar-refractivity contribution in [1.29, 1.82) is 0 Å². The smallest absolute Gasteiger partial charge is 0.267 e. The van der Waals surface area contributed by atoms with Gasteiger partial charge in [0.15, 0.2) is 17.6 Å². The Balaban J connectivity index is 1.34. The van der Waals surface area contributed by atoms with E-state index in [1.165, 1.54) is 13.3 Å². The molecule has 2 fully saturated rings. The minimum atomic E-state index is -0.625. The van der Waals surface area contributed by atoms with Crippen molar-refractivity contribution in [3.05, 3.63) is 34.8 Å². The fraction of sp³-hybridized carbons (Fsp3) is 0.520. The predicted octanol–water partition coefficient (Wildman–Crippen LogP) is 1.04. The van der Waals surface area contributed by atoms with Gasteiger partial charge in [-0.05, 0) is 46.0 Å². The average molecular weight is 506 g/mol. The Morgan fingerprint density at radius 2 is 2.00 bits per heavy atom. The molecule has 37 heavy (non-hydrogen) atoms. The number of fused-ring (bicyclic) bond motifs is 3. The highest BCUT2D eigenvalue weighted by molar-refractivity contribution is 6.00. The predicted molar refractivity (Wildman–Crippen MR) is 137 cm³/mol. The Morgan fingerprint density at radius 3 is 2.59 bits per heavy atom. The lowest BCUT2D eigenvalue weighted by Crippen LogP contribution is -2.55. The van der Waals surface area contributed by atoms with Gasteiger partial charge in [-0.15, -0.1) is 0 Å². The molecule has 12 nitrogen and oxygen atoms in total.